The van der Waals surface area contributed by atoms with E-state index in [2.05, 4.69) is 94.6 Å². The fourth-order valence-electron chi connectivity index (χ4n) is 5.91. The summed E-state index contributed by atoms with van der Waals surface area (Å²) >= 11 is 0. The van der Waals surface area contributed by atoms with Crippen molar-refractivity contribution in [3.8, 4) is 11.1 Å². The summed E-state index contributed by atoms with van der Waals surface area (Å²) < 4.78 is 0. The number of aryl methyl sites for hydroxylation is 1. The van der Waals surface area contributed by atoms with Crippen LogP contribution in [0.25, 0.3) is 11.1 Å². The molecule has 2 aromatic carbocycles. The maximum atomic E-state index is 4.29. The van der Waals surface area contributed by atoms with Gasteiger partial charge in [-0.15, -0.1) is 0 Å². The van der Waals surface area contributed by atoms with Crippen molar-refractivity contribution in [2.75, 3.05) is 0 Å². The monoisotopic (exact) mass is 420 g/mol. The Balaban J connectivity index is 1.68. The van der Waals surface area contributed by atoms with E-state index in [1.807, 2.05) is 12.2 Å². The van der Waals surface area contributed by atoms with E-state index in [4.69, 9.17) is 0 Å². The van der Waals surface area contributed by atoms with E-state index >= 15 is 0 Å². The second kappa shape index (κ2) is 9.33. The predicted octanol–water partition coefficient (Wildman–Crippen LogP) is 8.90. The van der Waals surface area contributed by atoms with Crippen molar-refractivity contribution in [1.82, 2.24) is 0 Å². The number of hydrogen-bond acceptors (Lipinski definition) is 0. The summed E-state index contributed by atoms with van der Waals surface area (Å²) in [7, 11) is 0. The van der Waals surface area contributed by atoms with Gasteiger partial charge in [-0.3, -0.25) is 0 Å². The van der Waals surface area contributed by atoms with Gasteiger partial charge in [-0.05, 0) is 96.4 Å². The Bertz CT molecular complexity index is 1120. The van der Waals surface area contributed by atoms with Gasteiger partial charge in [0.05, 0.1) is 0 Å². The van der Waals surface area contributed by atoms with Crippen LogP contribution in [-0.4, -0.2) is 0 Å². The fraction of sp³-hybridized carbons (Fsp3) is 0.312. The Hall–Kier alpha value is -2.86. The smallest absolute Gasteiger partial charge is 0.0218 e. The molecule has 0 radical (unpaired) electrons. The van der Waals surface area contributed by atoms with Crippen LogP contribution in [0.2, 0.25) is 0 Å². The Labute approximate surface area is 194 Å². The van der Waals surface area contributed by atoms with Gasteiger partial charge in [-0.25, -0.2) is 0 Å². The van der Waals surface area contributed by atoms with E-state index < -0.39 is 0 Å². The Morgan fingerprint density at radius 2 is 1.88 bits per heavy atom. The molecule has 0 heterocycles. The van der Waals surface area contributed by atoms with E-state index in [1.54, 1.807) is 11.1 Å². The van der Waals surface area contributed by atoms with Gasteiger partial charge in [0.2, 0.25) is 0 Å². The highest BCUT2D eigenvalue weighted by atomic mass is 14.5. The fourth-order valence-corrected chi connectivity index (χ4v) is 5.91. The molecule has 2 aliphatic rings. The molecule has 0 bridgehead atoms. The van der Waals surface area contributed by atoms with Crippen LogP contribution < -0.4 is 0 Å². The highest BCUT2D eigenvalue weighted by Crippen LogP contribution is 2.59. The maximum absolute atomic E-state index is 4.29. The third-order valence-corrected chi connectivity index (χ3v) is 7.63. The van der Waals surface area contributed by atoms with E-state index in [1.165, 1.54) is 47.1 Å². The zero-order valence-corrected chi connectivity index (χ0v) is 20.0. The first-order chi connectivity index (χ1) is 15.5. The van der Waals surface area contributed by atoms with Gasteiger partial charge in [0.25, 0.3) is 0 Å². The molecule has 0 nitrogen and oxygen atoms in total. The van der Waals surface area contributed by atoms with Gasteiger partial charge in [-0.1, -0.05) is 92.9 Å². The third-order valence-electron chi connectivity index (χ3n) is 7.63. The predicted molar refractivity (Wildman–Crippen MR) is 140 cm³/mol. The topological polar surface area (TPSA) is 0 Å². The second-order valence-electron chi connectivity index (χ2n) is 9.44. The quantitative estimate of drug-likeness (QED) is 0.392. The first-order valence-corrected chi connectivity index (χ1v) is 12.1. The molecule has 1 spiro atoms. The molecular formula is C32H36. The molecule has 4 rings (SSSR count). The zero-order valence-electron chi connectivity index (χ0n) is 20.0. The van der Waals surface area contributed by atoms with Crippen LogP contribution in [0.3, 0.4) is 0 Å². The molecule has 164 valence electrons. The normalized spacial score (nSPS) is 22.4. The minimum atomic E-state index is 0.177. The SMILES string of the molecule is C=CC=CC(=C)C(C)=C(C=CC)CC1CCC2(C1)c1ccccc1-c1ccc(CC)cc12. The van der Waals surface area contributed by atoms with Gasteiger partial charge in [-0.2, -0.15) is 0 Å². The Morgan fingerprint density at radius 3 is 2.62 bits per heavy atom. The summed E-state index contributed by atoms with van der Waals surface area (Å²) in [4.78, 5) is 0. The van der Waals surface area contributed by atoms with Crippen molar-refractivity contribution in [3.05, 3.63) is 119 Å². The highest BCUT2D eigenvalue weighted by molar-refractivity contribution is 5.81. The molecule has 32 heavy (non-hydrogen) atoms. The second-order valence-corrected chi connectivity index (χ2v) is 9.44. The molecule has 0 aliphatic heterocycles. The van der Waals surface area contributed by atoms with E-state index in [0.29, 0.717) is 5.92 Å². The number of allylic oxidation sites excluding steroid dienone is 8. The molecule has 0 heteroatoms. The Kier molecular flexibility index (Phi) is 6.51. The minimum Gasteiger partial charge on any atom is -0.0991 e. The summed E-state index contributed by atoms with van der Waals surface area (Å²) in [6.07, 6.45) is 16.3. The Morgan fingerprint density at radius 1 is 1.09 bits per heavy atom. The highest BCUT2D eigenvalue weighted by Gasteiger charge is 2.47. The van der Waals surface area contributed by atoms with E-state index in [9.17, 15) is 0 Å². The summed E-state index contributed by atoms with van der Waals surface area (Å²) in [5, 5.41) is 0. The van der Waals surface area contributed by atoms with Gasteiger partial charge in [0.1, 0.15) is 0 Å². The van der Waals surface area contributed by atoms with E-state index in [-0.39, 0.29) is 5.41 Å². The van der Waals surface area contributed by atoms with Gasteiger partial charge in [0.15, 0.2) is 0 Å². The average Bonchev–Trinajstić information content (AvgIpc) is 3.36. The largest absolute Gasteiger partial charge is 0.0991 e. The van der Waals surface area contributed by atoms with Crippen LogP contribution in [0.15, 0.2) is 103 Å². The van der Waals surface area contributed by atoms with Crippen molar-refractivity contribution < 1.29 is 0 Å². The lowest BCUT2D eigenvalue weighted by atomic mass is 9.75. The van der Waals surface area contributed by atoms with Crippen molar-refractivity contribution in [2.24, 2.45) is 5.92 Å². The van der Waals surface area contributed by atoms with Crippen LogP contribution in [0.1, 0.15) is 63.1 Å². The van der Waals surface area contributed by atoms with Crippen LogP contribution in [0.4, 0.5) is 0 Å². The van der Waals surface area contributed by atoms with Crippen LogP contribution in [-0.2, 0) is 11.8 Å². The molecule has 2 aliphatic carbocycles. The summed E-state index contributed by atoms with van der Waals surface area (Å²) in [5.74, 6) is 0.677. The van der Waals surface area contributed by atoms with Crippen LogP contribution >= 0.6 is 0 Å². The first-order valence-electron chi connectivity index (χ1n) is 12.1. The summed E-state index contributed by atoms with van der Waals surface area (Å²) in [5.41, 5.74) is 11.5. The lowest BCUT2D eigenvalue weighted by Gasteiger charge is -2.28. The molecule has 1 saturated carbocycles. The van der Waals surface area contributed by atoms with Crippen molar-refractivity contribution in [1.29, 1.82) is 0 Å². The molecule has 2 aromatic rings. The van der Waals surface area contributed by atoms with Crippen LogP contribution in [0, 0.1) is 5.92 Å². The third kappa shape index (κ3) is 3.88. The number of hydrogen-bond donors (Lipinski definition) is 0. The molecule has 0 aromatic heterocycles. The first kappa shape index (κ1) is 22.3. The van der Waals surface area contributed by atoms with Crippen molar-refractivity contribution >= 4 is 0 Å². The zero-order chi connectivity index (χ0) is 22.7. The van der Waals surface area contributed by atoms with Gasteiger partial charge in [0, 0.05) is 5.41 Å². The van der Waals surface area contributed by atoms with Crippen molar-refractivity contribution in [2.45, 2.75) is 58.3 Å². The van der Waals surface area contributed by atoms with Gasteiger partial charge >= 0.3 is 0 Å². The standard InChI is InChI=1S/C32H36/c1-6-9-13-23(4)24(5)27(12-7-2)20-26-18-19-32(22-26)30-15-11-10-14-28(30)29-17-16-25(8-3)21-31(29)32/h6-7,9-17,21,26H,1,4,8,18-20,22H2,2-3,5H3. The lowest BCUT2D eigenvalue weighted by Crippen LogP contribution is -2.21. The van der Waals surface area contributed by atoms with Crippen LogP contribution in [0.5, 0.6) is 0 Å². The molecular weight excluding hydrogens is 384 g/mol. The average molecular weight is 421 g/mol. The summed E-state index contributed by atoms with van der Waals surface area (Å²) in [6.45, 7) is 14.7. The number of benzene rings is 2. The number of fused-ring (bicyclic) bond motifs is 5. The molecule has 0 N–H and O–H groups in total. The van der Waals surface area contributed by atoms with Crippen molar-refractivity contribution in [3.63, 3.8) is 0 Å². The molecule has 2 atom stereocenters. The molecule has 2 unspecified atom stereocenters. The summed E-state index contributed by atoms with van der Waals surface area (Å²) in [6, 6.07) is 16.3. The lowest BCUT2D eigenvalue weighted by molar-refractivity contribution is 0.487. The number of rotatable bonds is 7. The van der Waals surface area contributed by atoms with Gasteiger partial charge < -0.3 is 0 Å². The molecule has 0 saturated heterocycles. The van der Waals surface area contributed by atoms with E-state index in [0.717, 1.165) is 18.4 Å². The minimum absolute atomic E-state index is 0.177. The molecule has 0 amide bonds. The molecule has 1 fully saturated rings. The maximum Gasteiger partial charge on any atom is 0.0218 e.